The van der Waals surface area contributed by atoms with Crippen LogP contribution in [0.5, 0.6) is 0 Å². The number of likely N-dealkylation sites (tertiary alicyclic amines) is 1. The number of hydrogen-bond acceptors (Lipinski definition) is 5. The van der Waals surface area contributed by atoms with E-state index in [9.17, 15) is 14.4 Å². The highest BCUT2D eigenvalue weighted by Gasteiger charge is 2.71. The van der Waals surface area contributed by atoms with Crippen LogP contribution in [0.25, 0.3) is 0 Å². The van der Waals surface area contributed by atoms with Crippen molar-refractivity contribution >= 4 is 35.2 Å². The summed E-state index contributed by atoms with van der Waals surface area (Å²) >= 11 is 1.71. The SMILES string of the molecule is C=CCN1C(=O)C2(NC(CCSC)C3C(=O)N(CCCC)C(=O)C32)c2ccccc21. The number of thioether (sulfide) groups is 1. The summed E-state index contributed by atoms with van der Waals surface area (Å²) in [6.07, 6.45) is 6.14. The van der Waals surface area contributed by atoms with E-state index in [1.165, 1.54) is 4.90 Å². The quantitative estimate of drug-likeness (QED) is 0.510. The van der Waals surface area contributed by atoms with Crippen LogP contribution in [0.2, 0.25) is 0 Å². The van der Waals surface area contributed by atoms with Crippen LogP contribution in [-0.4, -0.2) is 53.8 Å². The molecule has 160 valence electrons. The van der Waals surface area contributed by atoms with Crippen LogP contribution in [-0.2, 0) is 19.9 Å². The van der Waals surface area contributed by atoms with Crippen molar-refractivity contribution in [3.8, 4) is 0 Å². The van der Waals surface area contributed by atoms with Gasteiger partial charge in [0.15, 0.2) is 0 Å². The summed E-state index contributed by atoms with van der Waals surface area (Å²) < 4.78 is 0. The zero-order valence-electron chi connectivity index (χ0n) is 17.6. The van der Waals surface area contributed by atoms with Crippen molar-refractivity contribution in [2.24, 2.45) is 11.8 Å². The van der Waals surface area contributed by atoms with Crippen LogP contribution in [0, 0.1) is 11.8 Å². The van der Waals surface area contributed by atoms with Gasteiger partial charge in [-0.1, -0.05) is 37.6 Å². The molecule has 4 unspecified atom stereocenters. The van der Waals surface area contributed by atoms with Gasteiger partial charge in [0, 0.05) is 30.4 Å². The molecule has 0 saturated carbocycles. The second kappa shape index (κ2) is 8.19. The Hall–Kier alpha value is -2.12. The summed E-state index contributed by atoms with van der Waals surface area (Å²) in [7, 11) is 0. The molecule has 4 rings (SSSR count). The molecule has 3 aliphatic heterocycles. The Balaban J connectivity index is 1.83. The number of carbonyl (C=O) groups excluding carboxylic acids is 3. The number of imide groups is 1. The monoisotopic (exact) mass is 427 g/mol. The number of anilines is 1. The van der Waals surface area contributed by atoms with Gasteiger partial charge in [0.2, 0.25) is 11.8 Å². The average Bonchev–Trinajstić information content (AvgIpc) is 3.31. The summed E-state index contributed by atoms with van der Waals surface area (Å²) in [6, 6.07) is 7.42. The van der Waals surface area contributed by atoms with Gasteiger partial charge < -0.3 is 4.90 Å². The van der Waals surface area contributed by atoms with Crippen LogP contribution in [0.4, 0.5) is 5.69 Å². The first-order valence-electron chi connectivity index (χ1n) is 10.7. The van der Waals surface area contributed by atoms with E-state index in [4.69, 9.17) is 0 Å². The standard InChI is InChI=1S/C23H29N3O3S/c1-4-6-13-26-20(27)18-16(11-14-30-3)24-23(19(18)21(26)28)15-9-7-8-10-17(15)25(12-5-2)22(23)29/h5,7-10,16,18-19,24H,2,4,6,11-14H2,1,3H3. The van der Waals surface area contributed by atoms with Crippen molar-refractivity contribution in [3.63, 3.8) is 0 Å². The third-order valence-electron chi connectivity index (χ3n) is 6.64. The molecule has 2 saturated heterocycles. The molecule has 3 aliphatic rings. The van der Waals surface area contributed by atoms with E-state index < -0.39 is 17.4 Å². The Morgan fingerprint density at radius 3 is 2.67 bits per heavy atom. The topological polar surface area (TPSA) is 69.7 Å². The fraction of sp³-hybridized carbons (Fsp3) is 0.522. The summed E-state index contributed by atoms with van der Waals surface area (Å²) in [6.45, 7) is 6.63. The second-order valence-electron chi connectivity index (χ2n) is 8.25. The fourth-order valence-electron chi connectivity index (χ4n) is 5.35. The molecule has 1 aromatic rings. The van der Waals surface area contributed by atoms with E-state index >= 15 is 0 Å². The third-order valence-corrected chi connectivity index (χ3v) is 7.28. The molecule has 0 aliphatic carbocycles. The van der Waals surface area contributed by atoms with E-state index in [2.05, 4.69) is 11.9 Å². The van der Waals surface area contributed by atoms with Crippen molar-refractivity contribution in [1.29, 1.82) is 0 Å². The Labute approximate surface area is 182 Å². The molecule has 7 heteroatoms. The Morgan fingerprint density at radius 1 is 1.20 bits per heavy atom. The van der Waals surface area contributed by atoms with Gasteiger partial charge in [0.1, 0.15) is 5.54 Å². The molecule has 0 aromatic heterocycles. The van der Waals surface area contributed by atoms with Gasteiger partial charge >= 0.3 is 0 Å². The highest BCUT2D eigenvalue weighted by atomic mass is 32.2. The van der Waals surface area contributed by atoms with E-state index in [0.717, 1.165) is 36.3 Å². The fourth-order valence-corrected chi connectivity index (χ4v) is 5.84. The lowest BCUT2D eigenvalue weighted by molar-refractivity contribution is -0.143. The summed E-state index contributed by atoms with van der Waals surface area (Å²) in [5, 5.41) is 3.53. The molecule has 3 heterocycles. The first-order valence-corrected chi connectivity index (χ1v) is 12.1. The first-order chi connectivity index (χ1) is 14.5. The molecule has 1 N–H and O–H groups in total. The minimum atomic E-state index is -1.18. The lowest BCUT2D eigenvalue weighted by Crippen LogP contribution is -2.55. The molecular weight excluding hydrogens is 398 g/mol. The minimum absolute atomic E-state index is 0.124. The van der Waals surface area contributed by atoms with Crippen LogP contribution in [0.1, 0.15) is 31.7 Å². The first kappa shape index (κ1) is 21.1. The van der Waals surface area contributed by atoms with Crippen molar-refractivity contribution in [2.75, 3.05) is 30.0 Å². The van der Waals surface area contributed by atoms with Crippen molar-refractivity contribution in [2.45, 2.75) is 37.8 Å². The maximum absolute atomic E-state index is 13.8. The molecule has 6 nitrogen and oxygen atoms in total. The number of amides is 3. The van der Waals surface area contributed by atoms with Gasteiger partial charge in [-0.25, -0.2) is 0 Å². The average molecular weight is 428 g/mol. The molecule has 2 fully saturated rings. The van der Waals surface area contributed by atoms with Gasteiger partial charge in [-0.2, -0.15) is 11.8 Å². The molecule has 0 bridgehead atoms. The molecule has 3 amide bonds. The van der Waals surface area contributed by atoms with Crippen LogP contribution in [0.3, 0.4) is 0 Å². The molecular formula is C23H29N3O3S. The maximum atomic E-state index is 13.8. The van der Waals surface area contributed by atoms with Gasteiger partial charge in [0.25, 0.3) is 5.91 Å². The largest absolute Gasteiger partial charge is 0.306 e. The Bertz CT molecular complexity index is 888. The summed E-state index contributed by atoms with van der Waals surface area (Å²) in [5.74, 6) is -0.815. The Morgan fingerprint density at radius 2 is 1.97 bits per heavy atom. The highest BCUT2D eigenvalue weighted by molar-refractivity contribution is 7.98. The minimum Gasteiger partial charge on any atom is -0.306 e. The van der Waals surface area contributed by atoms with Crippen LogP contribution >= 0.6 is 11.8 Å². The number of benzene rings is 1. The smallest absolute Gasteiger partial charge is 0.253 e. The second-order valence-corrected chi connectivity index (χ2v) is 9.23. The zero-order valence-corrected chi connectivity index (χ0v) is 18.4. The zero-order chi connectivity index (χ0) is 21.5. The van der Waals surface area contributed by atoms with Crippen LogP contribution < -0.4 is 10.2 Å². The number of unbranched alkanes of at least 4 members (excludes halogenated alkanes) is 1. The lowest BCUT2D eigenvalue weighted by atomic mass is 9.76. The van der Waals surface area contributed by atoms with E-state index in [-0.39, 0.29) is 23.8 Å². The molecule has 1 aromatic carbocycles. The van der Waals surface area contributed by atoms with Gasteiger partial charge in [-0.05, 0) is 30.9 Å². The Kier molecular flexibility index (Phi) is 5.77. The van der Waals surface area contributed by atoms with Crippen molar-refractivity contribution in [1.82, 2.24) is 10.2 Å². The normalized spacial score (nSPS) is 29.8. The van der Waals surface area contributed by atoms with E-state index in [1.54, 1.807) is 22.7 Å². The van der Waals surface area contributed by atoms with Gasteiger partial charge in [0.05, 0.1) is 11.8 Å². The predicted molar refractivity (Wildman–Crippen MR) is 119 cm³/mol. The number of hydrogen-bond donors (Lipinski definition) is 1. The number of nitrogens with zero attached hydrogens (tertiary/aromatic N) is 2. The van der Waals surface area contributed by atoms with Gasteiger partial charge in [-0.3, -0.25) is 24.6 Å². The number of rotatable bonds is 8. The van der Waals surface area contributed by atoms with Gasteiger partial charge in [-0.15, -0.1) is 6.58 Å². The summed E-state index contributed by atoms with van der Waals surface area (Å²) in [4.78, 5) is 43.9. The molecule has 4 atom stereocenters. The number of nitrogens with one attached hydrogen (secondary N) is 1. The van der Waals surface area contributed by atoms with Crippen LogP contribution in [0.15, 0.2) is 36.9 Å². The molecule has 30 heavy (non-hydrogen) atoms. The van der Waals surface area contributed by atoms with Crippen molar-refractivity contribution in [3.05, 3.63) is 42.5 Å². The van der Waals surface area contributed by atoms with Crippen molar-refractivity contribution < 1.29 is 14.4 Å². The third kappa shape index (κ3) is 2.86. The number of para-hydroxylation sites is 1. The maximum Gasteiger partial charge on any atom is 0.253 e. The van der Waals surface area contributed by atoms with E-state index in [0.29, 0.717) is 13.1 Å². The number of fused-ring (bicyclic) bond motifs is 4. The lowest BCUT2D eigenvalue weighted by Gasteiger charge is -2.30. The summed E-state index contributed by atoms with van der Waals surface area (Å²) in [5.41, 5.74) is 0.421. The predicted octanol–water partition coefficient (Wildman–Crippen LogP) is 2.54. The number of carbonyl (C=O) groups is 3. The van der Waals surface area contributed by atoms with E-state index in [1.807, 2.05) is 37.4 Å². The molecule has 1 spiro atoms. The highest BCUT2D eigenvalue weighted by Crippen LogP contribution is 2.55. The molecule has 0 radical (unpaired) electrons.